The first-order valence-electron chi connectivity index (χ1n) is 4.07. The summed E-state index contributed by atoms with van der Waals surface area (Å²) >= 11 is 0. The van der Waals surface area contributed by atoms with Gasteiger partial charge in [-0.3, -0.25) is 0 Å². The van der Waals surface area contributed by atoms with Crippen molar-refractivity contribution in [2.24, 2.45) is 0 Å². The Balaban J connectivity index is 2.73. The molecule has 0 spiro atoms. The van der Waals surface area contributed by atoms with Gasteiger partial charge in [-0.15, -0.1) is 0 Å². The molecular formula is C9H11NO4. The normalized spacial score (nSPS) is 9.57. The lowest BCUT2D eigenvalue weighted by atomic mass is 10.3. The maximum atomic E-state index is 11.0. The van der Waals surface area contributed by atoms with Crippen molar-refractivity contribution in [3.05, 3.63) is 23.9 Å². The highest BCUT2D eigenvalue weighted by Gasteiger charge is 2.07. The first kappa shape index (κ1) is 10.5. The van der Waals surface area contributed by atoms with E-state index >= 15 is 0 Å². The Morgan fingerprint density at radius 1 is 1.57 bits per heavy atom. The molecule has 1 aromatic heterocycles. The van der Waals surface area contributed by atoms with Crippen molar-refractivity contribution < 1.29 is 19.4 Å². The number of ether oxygens (including phenoxy) is 2. The van der Waals surface area contributed by atoms with E-state index < -0.39 is 5.97 Å². The van der Waals surface area contributed by atoms with Gasteiger partial charge < -0.3 is 14.6 Å². The number of carbonyl (C=O) groups excluding carboxylic acids is 1. The van der Waals surface area contributed by atoms with Gasteiger partial charge in [0.05, 0.1) is 13.7 Å². The molecule has 0 atom stereocenters. The second kappa shape index (κ2) is 5.18. The molecule has 0 aliphatic heterocycles. The summed E-state index contributed by atoms with van der Waals surface area (Å²) in [6.07, 6.45) is 0. The number of pyridine rings is 1. The van der Waals surface area contributed by atoms with Crippen LogP contribution in [0.3, 0.4) is 0 Å². The summed E-state index contributed by atoms with van der Waals surface area (Å²) in [6, 6.07) is 4.76. The third-order valence-electron chi connectivity index (χ3n) is 1.46. The monoisotopic (exact) mass is 197 g/mol. The van der Waals surface area contributed by atoms with Gasteiger partial charge in [-0.2, -0.15) is 0 Å². The van der Waals surface area contributed by atoms with Crippen molar-refractivity contribution >= 4 is 5.97 Å². The summed E-state index contributed by atoms with van der Waals surface area (Å²) < 4.78 is 9.51. The van der Waals surface area contributed by atoms with Crippen LogP contribution in [0.2, 0.25) is 0 Å². The number of methoxy groups -OCH3 is 1. The van der Waals surface area contributed by atoms with Gasteiger partial charge in [-0.05, 0) is 6.07 Å². The zero-order valence-electron chi connectivity index (χ0n) is 7.77. The lowest BCUT2D eigenvalue weighted by Crippen LogP contribution is -2.07. The van der Waals surface area contributed by atoms with Crippen LogP contribution in [-0.4, -0.2) is 36.4 Å². The molecule has 5 nitrogen and oxygen atoms in total. The molecule has 0 saturated heterocycles. The van der Waals surface area contributed by atoms with Crippen molar-refractivity contribution in [2.75, 3.05) is 20.3 Å². The fraction of sp³-hybridized carbons (Fsp3) is 0.333. The van der Waals surface area contributed by atoms with E-state index in [0.717, 1.165) is 0 Å². The molecule has 0 bridgehead atoms. The summed E-state index contributed by atoms with van der Waals surface area (Å²) in [6.45, 7) is 0.0573. The van der Waals surface area contributed by atoms with Crippen LogP contribution in [0.15, 0.2) is 18.2 Å². The lowest BCUT2D eigenvalue weighted by Gasteiger charge is -2.03. The quantitative estimate of drug-likeness (QED) is 0.700. The molecule has 1 N–H and O–H groups in total. The molecule has 0 amide bonds. The van der Waals surface area contributed by atoms with Crippen molar-refractivity contribution in [2.45, 2.75) is 0 Å². The van der Waals surface area contributed by atoms with Gasteiger partial charge in [-0.25, -0.2) is 9.78 Å². The fourth-order valence-electron chi connectivity index (χ4n) is 0.864. The highest BCUT2D eigenvalue weighted by atomic mass is 16.5. The minimum absolute atomic E-state index is 0.0931. The second-order valence-electron chi connectivity index (χ2n) is 2.42. The van der Waals surface area contributed by atoms with Gasteiger partial charge in [0.1, 0.15) is 6.61 Å². The highest BCUT2D eigenvalue weighted by Crippen LogP contribution is 2.07. The Labute approximate surface area is 81.3 Å². The number of nitrogens with zero attached hydrogens (tertiary/aromatic N) is 1. The van der Waals surface area contributed by atoms with Gasteiger partial charge in [0.2, 0.25) is 5.88 Å². The van der Waals surface area contributed by atoms with E-state index in [9.17, 15) is 4.79 Å². The number of esters is 1. The average Bonchev–Trinajstić information content (AvgIpc) is 2.25. The summed E-state index contributed by atoms with van der Waals surface area (Å²) in [4.78, 5) is 14.9. The van der Waals surface area contributed by atoms with Gasteiger partial charge >= 0.3 is 5.97 Å². The number of aliphatic hydroxyl groups excluding tert-OH is 1. The topological polar surface area (TPSA) is 68.7 Å². The van der Waals surface area contributed by atoms with Crippen LogP contribution in [-0.2, 0) is 4.74 Å². The second-order valence-corrected chi connectivity index (χ2v) is 2.42. The van der Waals surface area contributed by atoms with Gasteiger partial charge in [0.25, 0.3) is 0 Å². The van der Waals surface area contributed by atoms with E-state index in [0.29, 0.717) is 5.88 Å². The van der Waals surface area contributed by atoms with Crippen molar-refractivity contribution in [3.63, 3.8) is 0 Å². The Bertz CT molecular complexity index is 313. The summed E-state index contributed by atoms with van der Waals surface area (Å²) in [7, 11) is 1.28. The maximum absolute atomic E-state index is 11.0. The standard InChI is InChI=1S/C9H11NO4/c1-13-9(12)7-3-2-4-8(10-7)14-6-5-11/h2-4,11H,5-6H2,1H3. The van der Waals surface area contributed by atoms with Crippen LogP contribution >= 0.6 is 0 Å². The zero-order valence-corrected chi connectivity index (χ0v) is 7.77. The number of aromatic nitrogens is 1. The molecule has 14 heavy (non-hydrogen) atoms. The molecule has 0 radical (unpaired) electrons. The molecule has 0 saturated carbocycles. The Hall–Kier alpha value is -1.62. The third-order valence-corrected chi connectivity index (χ3v) is 1.46. The molecule has 0 aliphatic carbocycles. The van der Waals surface area contributed by atoms with Gasteiger partial charge in [0, 0.05) is 6.07 Å². The van der Waals surface area contributed by atoms with Crippen LogP contribution < -0.4 is 4.74 Å². The number of aliphatic hydroxyl groups is 1. The molecule has 1 rings (SSSR count). The van der Waals surface area contributed by atoms with Crippen LogP contribution in [0.25, 0.3) is 0 Å². The van der Waals surface area contributed by atoms with E-state index in [-0.39, 0.29) is 18.9 Å². The number of rotatable bonds is 4. The van der Waals surface area contributed by atoms with Crippen LogP contribution in [0.5, 0.6) is 5.88 Å². The van der Waals surface area contributed by atoms with E-state index in [1.54, 1.807) is 12.1 Å². The van der Waals surface area contributed by atoms with Crippen LogP contribution in [0, 0.1) is 0 Å². The Kier molecular flexibility index (Phi) is 3.87. The molecule has 1 heterocycles. The zero-order chi connectivity index (χ0) is 10.4. The highest BCUT2D eigenvalue weighted by molar-refractivity contribution is 5.87. The fourth-order valence-corrected chi connectivity index (χ4v) is 0.864. The Morgan fingerprint density at radius 2 is 2.36 bits per heavy atom. The van der Waals surface area contributed by atoms with Gasteiger partial charge in [-0.1, -0.05) is 6.07 Å². The SMILES string of the molecule is COC(=O)c1cccc(OCCO)n1. The molecule has 0 aliphatic rings. The minimum atomic E-state index is -0.514. The van der Waals surface area contributed by atoms with E-state index in [4.69, 9.17) is 9.84 Å². The van der Waals surface area contributed by atoms with Crippen molar-refractivity contribution in [1.29, 1.82) is 0 Å². The smallest absolute Gasteiger partial charge is 0.356 e. The predicted octanol–water partition coefficient (Wildman–Crippen LogP) is 0.239. The molecule has 5 heteroatoms. The largest absolute Gasteiger partial charge is 0.475 e. The van der Waals surface area contributed by atoms with E-state index in [1.807, 2.05) is 0 Å². The molecule has 76 valence electrons. The molecule has 0 aromatic carbocycles. The van der Waals surface area contributed by atoms with E-state index in [1.165, 1.54) is 13.2 Å². The lowest BCUT2D eigenvalue weighted by molar-refractivity contribution is 0.0592. The summed E-state index contributed by atoms with van der Waals surface area (Å²) in [5.74, 6) is -0.221. The van der Waals surface area contributed by atoms with E-state index in [2.05, 4.69) is 9.72 Å². The number of hydrogen-bond donors (Lipinski definition) is 1. The summed E-state index contributed by atoms with van der Waals surface area (Å²) in [5.41, 5.74) is 0.183. The molecule has 0 fully saturated rings. The van der Waals surface area contributed by atoms with Gasteiger partial charge in [0.15, 0.2) is 5.69 Å². The maximum Gasteiger partial charge on any atom is 0.356 e. The number of carbonyl (C=O) groups is 1. The van der Waals surface area contributed by atoms with Crippen LogP contribution in [0.4, 0.5) is 0 Å². The third kappa shape index (κ3) is 2.70. The molecular weight excluding hydrogens is 186 g/mol. The predicted molar refractivity (Wildman–Crippen MR) is 48.2 cm³/mol. The van der Waals surface area contributed by atoms with Crippen molar-refractivity contribution in [3.8, 4) is 5.88 Å². The van der Waals surface area contributed by atoms with Crippen molar-refractivity contribution in [1.82, 2.24) is 4.98 Å². The minimum Gasteiger partial charge on any atom is -0.475 e. The first-order chi connectivity index (χ1) is 6.77. The summed E-state index contributed by atoms with van der Waals surface area (Å²) in [5, 5.41) is 8.51. The first-order valence-corrected chi connectivity index (χ1v) is 4.07. The molecule has 0 unspecified atom stereocenters. The number of hydrogen-bond acceptors (Lipinski definition) is 5. The van der Waals surface area contributed by atoms with Crippen LogP contribution in [0.1, 0.15) is 10.5 Å². The Morgan fingerprint density at radius 3 is 3.00 bits per heavy atom. The average molecular weight is 197 g/mol. The molecule has 1 aromatic rings.